The Kier molecular flexibility index (Phi) is 5.86. The van der Waals surface area contributed by atoms with Crippen molar-refractivity contribution in [2.75, 3.05) is 12.9 Å². The average Bonchev–Trinajstić information content (AvgIpc) is 2.67. The van der Waals surface area contributed by atoms with Crippen molar-refractivity contribution in [3.63, 3.8) is 0 Å². The number of aromatic hydroxyl groups is 1. The predicted octanol–water partition coefficient (Wildman–Crippen LogP) is 4.04. The van der Waals surface area contributed by atoms with Crippen LogP contribution in [0.15, 0.2) is 58.2 Å². The summed E-state index contributed by atoms with van der Waals surface area (Å²) in [4.78, 5) is 28.8. The maximum absolute atomic E-state index is 12.8. The lowest BCUT2D eigenvalue weighted by Crippen LogP contribution is -2.20. The molecule has 0 aliphatic rings. The van der Waals surface area contributed by atoms with Gasteiger partial charge in [-0.1, -0.05) is 24.3 Å². The predicted molar refractivity (Wildman–Crippen MR) is 108 cm³/mol. The third-order valence-electron chi connectivity index (χ3n) is 4.47. The molecule has 140 valence electrons. The lowest BCUT2D eigenvalue weighted by Gasteiger charge is -2.19. The van der Waals surface area contributed by atoms with Gasteiger partial charge in [-0.05, 0) is 43.0 Å². The molecule has 6 heteroatoms. The first kappa shape index (κ1) is 19.0. The number of carbonyl (C=O) groups is 1. The average molecular weight is 383 g/mol. The van der Waals surface area contributed by atoms with Crippen LogP contribution in [0.2, 0.25) is 0 Å². The van der Waals surface area contributed by atoms with Crippen LogP contribution in [-0.2, 0) is 9.53 Å². The van der Waals surface area contributed by atoms with Crippen LogP contribution in [0.3, 0.4) is 0 Å². The summed E-state index contributed by atoms with van der Waals surface area (Å²) in [5.74, 6) is -1.12. The van der Waals surface area contributed by atoms with Gasteiger partial charge in [0.05, 0.1) is 24.1 Å². The number of carbonyl (C=O) groups excluding carboxylic acids is 1. The summed E-state index contributed by atoms with van der Waals surface area (Å²) >= 11 is 1.61. The third-order valence-corrected chi connectivity index (χ3v) is 5.22. The van der Waals surface area contributed by atoms with Crippen LogP contribution in [0.5, 0.6) is 5.75 Å². The van der Waals surface area contributed by atoms with E-state index in [4.69, 9.17) is 4.74 Å². The Bertz CT molecular complexity index is 1010. The molecule has 0 amide bonds. The van der Waals surface area contributed by atoms with E-state index in [1.165, 1.54) is 0 Å². The summed E-state index contributed by atoms with van der Waals surface area (Å²) in [6, 6.07) is 14.7. The molecule has 0 saturated heterocycles. The van der Waals surface area contributed by atoms with Crippen molar-refractivity contribution in [3.8, 4) is 5.75 Å². The van der Waals surface area contributed by atoms with E-state index in [0.29, 0.717) is 10.9 Å². The second-order valence-corrected chi connectivity index (χ2v) is 6.98. The highest BCUT2D eigenvalue weighted by Gasteiger charge is 2.26. The van der Waals surface area contributed by atoms with Crippen LogP contribution in [0, 0.1) is 0 Å². The van der Waals surface area contributed by atoms with Crippen molar-refractivity contribution in [3.05, 3.63) is 70.0 Å². The van der Waals surface area contributed by atoms with Crippen LogP contribution in [0.1, 0.15) is 30.4 Å². The minimum atomic E-state index is -0.603. The van der Waals surface area contributed by atoms with Gasteiger partial charge in [-0.2, -0.15) is 0 Å². The van der Waals surface area contributed by atoms with Gasteiger partial charge in [0, 0.05) is 16.2 Å². The van der Waals surface area contributed by atoms with E-state index in [-0.39, 0.29) is 24.3 Å². The molecule has 5 nitrogen and oxygen atoms in total. The molecule has 0 aliphatic carbocycles. The molecule has 0 unspecified atom stereocenters. The highest BCUT2D eigenvalue weighted by atomic mass is 32.2. The minimum Gasteiger partial charge on any atom is -0.507 e. The molecule has 0 aliphatic heterocycles. The minimum absolute atomic E-state index is 0.0264. The zero-order valence-electron chi connectivity index (χ0n) is 15.2. The number of rotatable bonds is 6. The molecule has 2 aromatic carbocycles. The molecular formula is C21H21NO4S. The number of hydrogen-bond donors (Lipinski definition) is 2. The molecular weight excluding hydrogens is 362 g/mol. The van der Waals surface area contributed by atoms with Crippen molar-refractivity contribution in [1.29, 1.82) is 0 Å². The molecule has 0 saturated carbocycles. The van der Waals surface area contributed by atoms with E-state index in [1.807, 2.05) is 30.5 Å². The molecule has 3 rings (SSSR count). The topological polar surface area (TPSA) is 79.4 Å². The number of nitrogens with one attached hydrogen (secondary N) is 1. The monoisotopic (exact) mass is 383 g/mol. The van der Waals surface area contributed by atoms with Gasteiger partial charge in [-0.25, -0.2) is 0 Å². The molecule has 1 heterocycles. The van der Waals surface area contributed by atoms with Gasteiger partial charge in [0.1, 0.15) is 5.75 Å². The van der Waals surface area contributed by atoms with E-state index in [1.54, 1.807) is 43.0 Å². The quantitative estimate of drug-likeness (QED) is 0.496. The zero-order valence-corrected chi connectivity index (χ0v) is 16.0. The number of para-hydroxylation sites is 1. The molecule has 27 heavy (non-hydrogen) atoms. The zero-order chi connectivity index (χ0) is 19.4. The number of H-pyrrole nitrogens is 1. The van der Waals surface area contributed by atoms with Crippen LogP contribution in [-0.4, -0.2) is 28.9 Å². The van der Waals surface area contributed by atoms with Crippen LogP contribution >= 0.6 is 11.8 Å². The highest BCUT2D eigenvalue weighted by molar-refractivity contribution is 7.98. The van der Waals surface area contributed by atoms with Gasteiger partial charge in [0.25, 0.3) is 5.56 Å². The normalized spacial score (nSPS) is 12.1. The number of pyridine rings is 1. The Morgan fingerprint density at radius 3 is 2.56 bits per heavy atom. The van der Waals surface area contributed by atoms with E-state index < -0.39 is 17.4 Å². The first-order valence-electron chi connectivity index (χ1n) is 8.68. The number of fused-ring (bicyclic) bond motifs is 1. The Hall–Kier alpha value is -2.73. The molecule has 0 fully saturated rings. The first-order chi connectivity index (χ1) is 13.0. The van der Waals surface area contributed by atoms with Gasteiger partial charge < -0.3 is 14.8 Å². The highest BCUT2D eigenvalue weighted by Crippen LogP contribution is 2.36. The summed E-state index contributed by atoms with van der Waals surface area (Å²) in [7, 11) is 0. The summed E-state index contributed by atoms with van der Waals surface area (Å²) in [6.07, 6.45) is 1.95. The van der Waals surface area contributed by atoms with Gasteiger partial charge in [0.2, 0.25) is 0 Å². The van der Waals surface area contributed by atoms with Gasteiger partial charge in [0.15, 0.2) is 0 Å². The van der Waals surface area contributed by atoms with Crippen LogP contribution in [0.25, 0.3) is 10.9 Å². The lowest BCUT2D eigenvalue weighted by molar-refractivity contribution is -0.143. The third kappa shape index (κ3) is 4.01. The SMILES string of the molecule is CCOC(=O)C[C@@H](c1ccc(SC)cc1)c1c(O)c2ccccc2[nH]c1=O. The van der Waals surface area contributed by atoms with Crippen molar-refractivity contribution in [2.45, 2.75) is 24.2 Å². The van der Waals surface area contributed by atoms with Gasteiger partial charge >= 0.3 is 5.97 Å². The van der Waals surface area contributed by atoms with Crippen molar-refractivity contribution < 1.29 is 14.6 Å². The Morgan fingerprint density at radius 2 is 1.89 bits per heavy atom. The fraction of sp³-hybridized carbons (Fsp3) is 0.238. The Labute approximate surface area is 161 Å². The molecule has 3 aromatic rings. The summed E-state index contributed by atoms with van der Waals surface area (Å²) in [5, 5.41) is 11.4. The second-order valence-electron chi connectivity index (χ2n) is 6.10. The molecule has 0 spiro atoms. The van der Waals surface area contributed by atoms with Crippen molar-refractivity contribution in [2.24, 2.45) is 0 Å². The maximum atomic E-state index is 12.8. The summed E-state index contributed by atoms with van der Waals surface area (Å²) < 4.78 is 5.09. The fourth-order valence-corrected chi connectivity index (χ4v) is 3.58. The summed E-state index contributed by atoms with van der Waals surface area (Å²) in [5.41, 5.74) is 1.10. The Balaban J connectivity index is 2.16. The molecule has 0 radical (unpaired) electrons. The van der Waals surface area contributed by atoms with Crippen LogP contribution < -0.4 is 5.56 Å². The fourth-order valence-electron chi connectivity index (χ4n) is 3.17. The number of aromatic amines is 1. The number of ether oxygens (including phenoxy) is 1. The molecule has 1 atom stereocenters. The Morgan fingerprint density at radius 1 is 1.19 bits per heavy atom. The smallest absolute Gasteiger partial charge is 0.306 e. The standard InChI is InChI=1S/C21H21NO4S/c1-3-26-18(23)12-16(13-8-10-14(27-2)11-9-13)19-20(24)15-6-4-5-7-17(15)22-21(19)25/h4-11,16H,3,12H2,1-2H3,(H2,22,24,25)/t16-/m0/s1. The molecule has 2 N–H and O–H groups in total. The van der Waals surface area contributed by atoms with E-state index in [0.717, 1.165) is 10.5 Å². The number of benzene rings is 2. The second kappa shape index (κ2) is 8.31. The number of esters is 1. The lowest BCUT2D eigenvalue weighted by atomic mass is 9.88. The number of thioether (sulfide) groups is 1. The van der Waals surface area contributed by atoms with E-state index in [9.17, 15) is 14.7 Å². The molecule has 1 aromatic heterocycles. The van der Waals surface area contributed by atoms with E-state index in [2.05, 4.69) is 4.98 Å². The van der Waals surface area contributed by atoms with Crippen molar-refractivity contribution >= 4 is 28.6 Å². The largest absolute Gasteiger partial charge is 0.507 e. The van der Waals surface area contributed by atoms with Crippen molar-refractivity contribution in [1.82, 2.24) is 4.98 Å². The number of hydrogen-bond acceptors (Lipinski definition) is 5. The van der Waals surface area contributed by atoms with E-state index >= 15 is 0 Å². The first-order valence-corrected chi connectivity index (χ1v) is 9.91. The van der Waals surface area contributed by atoms with Gasteiger partial charge in [-0.3, -0.25) is 9.59 Å². The maximum Gasteiger partial charge on any atom is 0.306 e. The molecule has 0 bridgehead atoms. The number of aromatic nitrogens is 1. The van der Waals surface area contributed by atoms with Crippen LogP contribution in [0.4, 0.5) is 0 Å². The summed E-state index contributed by atoms with van der Waals surface area (Å²) in [6.45, 7) is 2.00. The van der Waals surface area contributed by atoms with Gasteiger partial charge in [-0.15, -0.1) is 11.8 Å².